The Bertz CT molecular complexity index is 724. The van der Waals surface area contributed by atoms with Gasteiger partial charge < -0.3 is 5.32 Å². The van der Waals surface area contributed by atoms with Gasteiger partial charge in [-0.05, 0) is 54.2 Å². The Hall–Kier alpha value is -1.78. The Labute approximate surface area is 127 Å². The van der Waals surface area contributed by atoms with Crippen LogP contribution >= 0.6 is 11.3 Å². The lowest BCUT2D eigenvalue weighted by Gasteiger charge is -2.16. The zero-order chi connectivity index (χ0) is 14.7. The van der Waals surface area contributed by atoms with Crippen LogP contribution in [-0.2, 0) is 6.42 Å². The second-order valence-electron chi connectivity index (χ2n) is 5.01. The number of aromatic nitrogens is 1. The molecule has 0 aliphatic carbocycles. The summed E-state index contributed by atoms with van der Waals surface area (Å²) >= 11 is 1.72. The van der Waals surface area contributed by atoms with Gasteiger partial charge in [-0.3, -0.25) is 4.98 Å². The maximum absolute atomic E-state index is 13.3. The van der Waals surface area contributed by atoms with Crippen LogP contribution in [0.4, 0.5) is 4.39 Å². The molecule has 0 bridgehead atoms. The molecule has 4 heteroatoms. The molecule has 108 valence electrons. The second kappa shape index (κ2) is 6.33. The highest BCUT2D eigenvalue weighted by atomic mass is 32.1. The van der Waals surface area contributed by atoms with Gasteiger partial charge >= 0.3 is 0 Å². The number of hydrogen-bond donors (Lipinski definition) is 1. The Morgan fingerprint density at radius 1 is 1.29 bits per heavy atom. The van der Waals surface area contributed by atoms with Crippen LogP contribution in [0.2, 0.25) is 0 Å². The van der Waals surface area contributed by atoms with Gasteiger partial charge in [-0.2, -0.15) is 0 Å². The number of benzene rings is 1. The molecule has 0 amide bonds. The third-order valence-electron chi connectivity index (χ3n) is 3.45. The molecule has 0 aliphatic rings. The van der Waals surface area contributed by atoms with Gasteiger partial charge in [-0.25, -0.2) is 4.39 Å². The van der Waals surface area contributed by atoms with Gasteiger partial charge in [0.2, 0.25) is 0 Å². The summed E-state index contributed by atoms with van der Waals surface area (Å²) < 4.78 is 14.4. The Balaban J connectivity index is 1.91. The van der Waals surface area contributed by atoms with Crippen molar-refractivity contribution in [1.29, 1.82) is 0 Å². The van der Waals surface area contributed by atoms with Crippen molar-refractivity contribution in [3.63, 3.8) is 0 Å². The first kappa shape index (κ1) is 14.2. The molecule has 2 heterocycles. The molecule has 1 aromatic carbocycles. The van der Waals surface area contributed by atoms with Gasteiger partial charge in [0, 0.05) is 28.0 Å². The van der Waals surface area contributed by atoms with Gasteiger partial charge in [-0.1, -0.05) is 13.0 Å². The summed E-state index contributed by atoms with van der Waals surface area (Å²) in [7, 11) is 0. The van der Waals surface area contributed by atoms with Gasteiger partial charge in [0.05, 0.1) is 0 Å². The van der Waals surface area contributed by atoms with Gasteiger partial charge in [0.1, 0.15) is 5.82 Å². The van der Waals surface area contributed by atoms with Crippen molar-refractivity contribution in [3.05, 3.63) is 65.0 Å². The minimum atomic E-state index is -0.181. The predicted octanol–water partition coefficient (Wildman–Crippen LogP) is 4.33. The fourth-order valence-electron chi connectivity index (χ4n) is 2.48. The van der Waals surface area contributed by atoms with Crippen LogP contribution in [-0.4, -0.2) is 11.5 Å². The Morgan fingerprint density at radius 2 is 2.19 bits per heavy atom. The first-order chi connectivity index (χ1) is 10.3. The number of thiophene rings is 1. The first-order valence-electron chi connectivity index (χ1n) is 7.07. The standard InChI is InChI=1S/C17H17FN2S/c1-2-20-15(8-12-4-3-7-19-11-12)17-10-13-9-14(18)5-6-16(13)21-17/h3-7,9-11,15,20H,2,8H2,1H3. The van der Waals surface area contributed by atoms with Crippen LogP contribution in [0.5, 0.6) is 0 Å². The summed E-state index contributed by atoms with van der Waals surface area (Å²) in [5, 5.41) is 4.49. The van der Waals surface area contributed by atoms with E-state index in [1.807, 2.05) is 18.3 Å². The van der Waals surface area contributed by atoms with Crippen molar-refractivity contribution in [2.24, 2.45) is 0 Å². The van der Waals surface area contributed by atoms with Gasteiger partial charge in [0.15, 0.2) is 0 Å². The van der Waals surface area contributed by atoms with E-state index in [1.165, 1.54) is 16.5 Å². The highest BCUT2D eigenvalue weighted by Crippen LogP contribution is 2.31. The zero-order valence-corrected chi connectivity index (χ0v) is 12.7. The molecule has 0 aliphatic heterocycles. The van der Waals surface area contributed by atoms with Crippen molar-refractivity contribution in [2.45, 2.75) is 19.4 Å². The zero-order valence-electron chi connectivity index (χ0n) is 11.8. The summed E-state index contributed by atoms with van der Waals surface area (Å²) in [6.07, 6.45) is 4.57. The van der Waals surface area contributed by atoms with E-state index in [0.29, 0.717) is 0 Å². The number of rotatable bonds is 5. The number of halogens is 1. The number of fused-ring (bicyclic) bond motifs is 1. The lowest BCUT2D eigenvalue weighted by molar-refractivity contribution is 0.557. The molecule has 1 unspecified atom stereocenters. The van der Waals surface area contributed by atoms with Crippen molar-refractivity contribution in [2.75, 3.05) is 6.54 Å². The topological polar surface area (TPSA) is 24.9 Å². The van der Waals surface area contributed by atoms with E-state index >= 15 is 0 Å². The molecule has 0 radical (unpaired) electrons. The number of nitrogens with one attached hydrogen (secondary N) is 1. The van der Waals surface area contributed by atoms with Crippen molar-refractivity contribution >= 4 is 21.4 Å². The van der Waals surface area contributed by atoms with Crippen molar-refractivity contribution in [1.82, 2.24) is 10.3 Å². The third-order valence-corrected chi connectivity index (χ3v) is 4.68. The lowest BCUT2D eigenvalue weighted by atomic mass is 10.1. The minimum Gasteiger partial charge on any atom is -0.309 e. The first-order valence-corrected chi connectivity index (χ1v) is 7.89. The number of nitrogens with zero attached hydrogens (tertiary/aromatic N) is 1. The van der Waals surface area contributed by atoms with Crippen LogP contribution in [0.3, 0.4) is 0 Å². The summed E-state index contributed by atoms with van der Waals surface area (Å²) in [5.74, 6) is -0.181. The fourth-order valence-corrected chi connectivity index (χ4v) is 3.60. The highest BCUT2D eigenvalue weighted by molar-refractivity contribution is 7.19. The molecule has 2 nitrogen and oxygen atoms in total. The fraction of sp³-hybridized carbons (Fsp3) is 0.235. The summed E-state index contributed by atoms with van der Waals surface area (Å²) in [5.41, 5.74) is 1.20. The molecule has 3 rings (SSSR count). The number of likely N-dealkylation sites (N-methyl/N-ethyl adjacent to an activating group) is 1. The molecular formula is C17H17FN2S. The number of pyridine rings is 1. The monoisotopic (exact) mass is 300 g/mol. The van der Waals surface area contributed by atoms with E-state index in [4.69, 9.17) is 0 Å². The minimum absolute atomic E-state index is 0.181. The molecule has 2 aromatic heterocycles. The largest absolute Gasteiger partial charge is 0.309 e. The second-order valence-corrected chi connectivity index (χ2v) is 6.12. The van der Waals surface area contributed by atoms with Crippen LogP contribution < -0.4 is 5.32 Å². The molecule has 0 fully saturated rings. The van der Waals surface area contributed by atoms with Crippen LogP contribution in [0.25, 0.3) is 10.1 Å². The SMILES string of the molecule is CCNC(Cc1cccnc1)c1cc2cc(F)ccc2s1. The van der Waals surface area contributed by atoms with E-state index in [2.05, 4.69) is 29.4 Å². The normalized spacial score (nSPS) is 12.7. The third kappa shape index (κ3) is 3.28. The Kier molecular flexibility index (Phi) is 4.27. The average Bonchev–Trinajstić information content (AvgIpc) is 2.91. The summed E-state index contributed by atoms with van der Waals surface area (Å²) in [6.45, 7) is 3.00. The quantitative estimate of drug-likeness (QED) is 0.758. The molecule has 0 spiro atoms. The van der Waals surface area contributed by atoms with Crippen molar-refractivity contribution < 1.29 is 4.39 Å². The molecule has 3 aromatic rings. The molecule has 1 atom stereocenters. The maximum Gasteiger partial charge on any atom is 0.123 e. The molecule has 0 saturated heterocycles. The summed E-state index contributed by atoms with van der Waals surface area (Å²) in [6, 6.07) is 11.3. The van der Waals surface area contributed by atoms with Gasteiger partial charge in [-0.15, -0.1) is 11.3 Å². The molecule has 21 heavy (non-hydrogen) atoms. The summed E-state index contributed by atoms with van der Waals surface area (Å²) in [4.78, 5) is 5.41. The van der Waals surface area contributed by atoms with E-state index in [0.717, 1.165) is 23.1 Å². The Morgan fingerprint density at radius 3 is 2.95 bits per heavy atom. The van der Waals surface area contributed by atoms with E-state index in [9.17, 15) is 4.39 Å². The van der Waals surface area contributed by atoms with Gasteiger partial charge in [0.25, 0.3) is 0 Å². The predicted molar refractivity (Wildman–Crippen MR) is 86.1 cm³/mol. The van der Waals surface area contributed by atoms with E-state index in [1.54, 1.807) is 23.6 Å². The van der Waals surface area contributed by atoms with Crippen molar-refractivity contribution in [3.8, 4) is 0 Å². The molecular weight excluding hydrogens is 283 g/mol. The highest BCUT2D eigenvalue weighted by Gasteiger charge is 2.14. The van der Waals surface area contributed by atoms with Crippen LogP contribution in [0.15, 0.2) is 48.8 Å². The maximum atomic E-state index is 13.3. The molecule has 1 N–H and O–H groups in total. The van der Waals surface area contributed by atoms with E-state index in [-0.39, 0.29) is 11.9 Å². The lowest BCUT2D eigenvalue weighted by Crippen LogP contribution is -2.22. The van der Waals surface area contributed by atoms with E-state index < -0.39 is 0 Å². The number of hydrogen-bond acceptors (Lipinski definition) is 3. The van der Waals surface area contributed by atoms with Crippen LogP contribution in [0.1, 0.15) is 23.4 Å². The smallest absolute Gasteiger partial charge is 0.123 e. The molecule has 0 saturated carbocycles. The average molecular weight is 300 g/mol. The van der Waals surface area contributed by atoms with Crippen LogP contribution in [0, 0.1) is 5.82 Å².